The van der Waals surface area contributed by atoms with Crippen LogP contribution in [0.5, 0.6) is 0 Å². The van der Waals surface area contributed by atoms with Gasteiger partial charge in [-0.2, -0.15) is 0 Å². The lowest BCUT2D eigenvalue weighted by Gasteiger charge is -2.33. The van der Waals surface area contributed by atoms with Crippen LogP contribution in [-0.4, -0.2) is 70.8 Å². The highest BCUT2D eigenvalue weighted by molar-refractivity contribution is 6.30. The van der Waals surface area contributed by atoms with Gasteiger partial charge in [0.1, 0.15) is 5.82 Å². The van der Waals surface area contributed by atoms with Gasteiger partial charge in [-0.05, 0) is 98.7 Å². The Kier molecular flexibility index (Phi) is 13.0. The summed E-state index contributed by atoms with van der Waals surface area (Å²) in [5, 5.41) is 18.9. The fourth-order valence-electron chi connectivity index (χ4n) is 4.68. The fraction of sp³-hybridized carbons (Fsp3) is 0.242. The van der Waals surface area contributed by atoms with Crippen molar-refractivity contribution in [3.8, 4) is 0 Å². The molecular formula is C33H33ClFN3O7. The average Bonchev–Trinajstić information content (AvgIpc) is 3.01. The van der Waals surface area contributed by atoms with E-state index in [4.69, 9.17) is 21.8 Å². The molecule has 0 aromatic heterocycles. The van der Waals surface area contributed by atoms with Gasteiger partial charge in [-0.25, -0.2) is 14.0 Å². The number of nitrogens with zero attached hydrogens (tertiary/aromatic N) is 2. The van der Waals surface area contributed by atoms with Gasteiger partial charge < -0.3 is 25.3 Å². The van der Waals surface area contributed by atoms with Gasteiger partial charge in [0.15, 0.2) is 5.78 Å². The molecule has 12 heteroatoms. The van der Waals surface area contributed by atoms with Gasteiger partial charge in [0.2, 0.25) is 5.91 Å². The number of ketones is 1. The van der Waals surface area contributed by atoms with Crippen LogP contribution < -0.4 is 10.2 Å². The molecule has 1 aliphatic rings. The summed E-state index contributed by atoms with van der Waals surface area (Å²) in [4.78, 5) is 60.7. The molecule has 1 aliphatic heterocycles. The smallest absolute Gasteiger partial charge is 0.328 e. The second-order valence-corrected chi connectivity index (χ2v) is 10.6. The lowest BCUT2D eigenvalue weighted by Crippen LogP contribution is -2.42. The predicted octanol–water partition coefficient (Wildman–Crippen LogP) is 5.39. The average molecular weight is 638 g/mol. The first-order valence-corrected chi connectivity index (χ1v) is 14.4. The third-order valence-corrected chi connectivity index (χ3v) is 7.18. The van der Waals surface area contributed by atoms with Crippen molar-refractivity contribution in [3.05, 3.63) is 107 Å². The van der Waals surface area contributed by atoms with E-state index in [2.05, 4.69) is 10.2 Å². The molecule has 0 spiro atoms. The van der Waals surface area contributed by atoms with Crippen LogP contribution in [0, 0.1) is 11.7 Å². The Balaban J connectivity index is 0.000000610. The first-order valence-electron chi connectivity index (χ1n) is 14.0. The number of likely N-dealkylation sites (tertiary alicyclic amines) is 1. The normalized spacial score (nSPS) is 13.4. The van der Waals surface area contributed by atoms with Crippen LogP contribution in [-0.2, 0) is 14.4 Å². The summed E-state index contributed by atoms with van der Waals surface area (Å²) in [6, 6.07) is 19.7. The van der Waals surface area contributed by atoms with E-state index < -0.39 is 11.9 Å². The summed E-state index contributed by atoms with van der Waals surface area (Å²) in [5.41, 5.74) is 2.42. The Morgan fingerprint density at radius 2 is 1.40 bits per heavy atom. The Morgan fingerprint density at radius 1 is 0.867 bits per heavy atom. The predicted molar refractivity (Wildman–Crippen MR) is 168 cm³/mol. The van der Waals surface area contributed by atoms with Gasteiger partial charge >= 0.3 is 11.9 Å². The maximum absolute atomic E-state index is 13.5. The zero-order chi connectivity index (χ0) is 32.9. The summed E-state index contributed by atoms with van der Waals surface area (Å²) in [7, 11) is 0. The van der Waals surface area contributed by atoms with E-state index in [0.29, 0.717) is 47.1 Å². The quantitative estimate of drug-likeness (QED) is 0.198. The topological polar surface area (TPSA) is 144 Å². The van der Waals surface area contributed by atoms with Gasteiger partial charge in [0.25, 0.3) is 5.91 Å². The third kappa shape index (κ3) is 11.3. The van der Waals surface area contributed by atoms with Gasteiger partial charge in [0, 0.05) is 65.6 Å². The molecule has 0 aliphatic carbocycles. The number of piperidine rings is 1. The number of carboxylic acids is 2. The van der Waals surface area contributed by atoms with Crippen LogP contribution in [0.25, 0.3) is 0 Å². The summed E-state index contributed by atoms with van der Waals surface area (Å²) in [6.07, 6.45) is 2.55. The number of nitrogens with one attached hydrogen (secondary N) is 1. The maximum Gasteiger partial charge on any atom is 0.328 e. The van der Waals surface area contributed by atoms with E-state index in [-0.39, 0.29) is 29.3 Å². The van der Waals surface area contributed by atoms with E-state index in [1.807, 2.05) is 12.1 Å². The summed E-state index contributed by atoms with van der Waals surface area (Å²) in [5.74, 6) is -3.23. The molecule has 236 valence electrons. The number of benzene rings is 3. The number of hydrogen-bond acceptors (Lipinski definition) is 6. The molecule has 10 nitrogen and oxygen atoms in total. The van der Waals surface area contributed by atoms with E-state index in [0.717, 1.165) is 31.6 Å². The highest BCUT2D eigenvalue weighted by Gasteiger charge is 2.27. The molecule has 3 N–H and O–H groups in total. The summed E-state index contributed by atoms with van der Waals surface area (Å²) < 4.78 is 13.2. The molecule has 1 heterocycles. The van der Waals surface area contributed by atoms with Crippen molar-refractivity contribution < 1.29 is 38.6 Å². The zero-order valence-corrected chi connectivity index (χ0v) is 25.2. The molecule has 3 aromatic carbocycles. The van der Waals surface area contributed by atoms with Crippen LogP contribution in [0.3, 0.4) is 0 Å². The number of amides is 2. The summed E-state index contributed by atoms with van der Waals surface area (Å²) >= 11 is 6.07. The molecule has 0 bridgehead atoms. The van der Waals surface area contributed by atoms with Crippen LogP contribution in [0.2, 0.25) is 5.02 Å². The molecule has 1 fully saturated rings. The number of aliphatic carboxylic acids is 2. The molecule has 0 saturated carbocycles. The Bertz CT molecular complexity index is 1500. The first kappa shape index (κ1) is 34.6. The Hall–Kier alpha value is -4.87. The first-order chi connectivity index (χ1) is 21.4. The van der Waals surface area contributed by atoms with Crippen molar-refractivity contribution in [1.29, 1.82) is 0 Å². The third-order valence-electron chi connectivity index (χ3n) is 6.93. The number of carboxylic acid groups (broad SMARTS) is 2. The van der Waals surface area contributed by atoms with Crippen LogP contribution in [0.4, 0.5) is 15.8 Å². The van der Waals surface area contributed by atoms with Crippen LogP contribution >= 0.6 is 11.6 Å². The Morgan fingerprint density at radius 3 is 1.91 bits per heavy atom. The molecule has 45 heavy (non-hydrogen) atoms. The van der Waals surface area contributed by atoms with Crippen molar-refractivity contribution in [2.24, 2.45) is 5.92 Å². The Labute approximate surface area is 264 Å². The number of halogens is 2. The van der Waals surface area contributed by atoms with Gasteiger partial charge in [-0.15, -0.1) is 0 Å². The monoisotopic (exact) mass is 637 g/mol. The largest absolute Gasteiger partial charge is 0.478 e. The molecule has 1 saturated heterocycles. The van der Waals surface area contributed by atoms with E-state index >= 15 is 0 Å². The van der Waals surface area contributed by atoms with Crippen molar-refractivity contribution in [3.63, 3.8) is 0 Å². The second kappa shape index (κ2) is 16.8. The molecular weight excluding hydrogens is 605 g/mol. The van der Waals surface area contributed by atoms with E-state index in [9.17, 15) is 28.4 Å². The van der Waals surface area contributed by atoms with Gasteiger partial charge in [-0.3, -0.25) is 14.4 Å². The molecule has 4 rings (SSSR count). The minimum atomic E-state index is -1.26. The number of carbonyl (C=O) groups excluding carboxylic acids is 3. The van der Waals surface area contributed by atoms with E-state index in [1.165, 1.54) is 19.1 Å². The van der Waals surface area contributed by atoms with Gasteiger partial charge in [0.05, 0.1) is 0 Å². The highest BCUT2D eigenvalue weighted by atomic mass is 35.5. The minimum absolute atomic E-state index is 0.0559. The van der Waals surface area contributed by atoms with Crippen molar-refractivity contribution in [1.82, 2.24) is 4.90 Å². The molecule has 0 atom stereocenters. The number of rotatable bonds is 10. The molecule has 0 radical (unpaired) electrons. The lowest BCUT2D eigenvalue weighted by atomic mass is 9.89. The fourth-order valence-corrected chi connectivity index (χ4v) is 4.80. The number of carbonyl (C=O) groups is 5. The summed E-state index contributed by atoms with van der Waals surface area (Å²) in [6.45, 7) is 4.03. The minimum Gasteiger partial charge on any atom is -0.478 e. The van der Waals surface area contributed by atoms with Crippen molar-refractivity contribution in [2.45, 2.75) is 19.8 Å². The van der Waals surface area contributed by atoms with Gasteiger partial charge in [-0.1, -0.05) is 11.6 Å². The van der Waals surface area contributed by atoms with Crippen LogP contribution in [0.1, 0.15) is 40.5 Å². The van der Waals surface area contributed by atoms with Crippen molar-refractivity contribution in [2.75, 3.05) is 36.4 Å². The SMILES string of the molecule is CC(=O)Nc1ccc(C(=O)N(CCN2CCC(C(=O)c3ccc(F)cc3)CC2)c2ccc(Cl)cc2)cc1.O=C(O)/C=C/C(=O)O. The second-order valence-electron chi connectivity index (χ2n) is 10.2. The standard InChI is InChI=1S/C29H29ClFN3O3.C4H4O4/c1-20(35)32-26-10-4-23(5-11-26)29(37)34(27-12-6-24(30)7-13-27)19-18-33-16-14-22(15-17-33)28(36)21-2-8-25(31)9-3-21;5-3(6)1-2-4(7)8/h2-13,22H,14-19H2,1H3,(H,32,35);1-2H,(H,5,6)(H,7,8)/b;2-1+. The molecule has 0 unspecified atom stereocenters. The van der Waals surface area contributed by atoms with Crippen LogP contribution in [0.15, 0.2) is 84.9 Å². The lowest BCUT2D eigenvalue weighted by molar-refractivity contribution is -0.134. The molecule has 2 amide bonds. The number of Topliss-reactive ketones (excluding diaryl/α,β-unsaturated/α-hetero) is 1. The highest BCUT2D eigenvalue weighted by Crippen LogP contribution is 2.24. The number of anilines is 2. The maximum atomic E-state index is 13.5. The van der Waals surface area contributed by atoms with Crippen molar-refractivity contribution >= 4 is 52.5 Å². The van der Waals surface area contributed by atoms with E-state index in [1.54, 1.807) is 53.4 Å². The molecule has 3 aromatic rings. The number of hydrogen-bond donors (Lipinski definition) is 3. The zero-order valence-electron chi connectivity index (χ0n) is 24.5.